The lowest BCUT2D eigenvalue weighted by molar-refractivity contribution is -0.145. The summed E-state index contributed by atoms with van der Waals surface area (Å²) in [6.45, 7) is 0.540. The minimum Gasteiger partial charge on any atom is -0.338 e. The van der Waals surface area contributed by atoms with E-state index in [-0.39, 0.29) is 29.4 Å². The molecule has 1 fully saturated rings. The summed E-state index contributed by atoms with van der Waals surface area (Å²) in [6, 6.07) is 2.87. The molecule has 2 unspecified atom stereocenters. The fourth-order valence-corrected chi connectivity index (χ4v) is 3.74. The van der Waals surface area contributed by atoms with Crippen LogP contribution in [0.1, 0.15) is 12.7 Å². The molecule has 1 N–H and O–H groups in total. The summed E-state index contributed by atoms with van der Waals surface area (Å²) in [4.78, 5) is 67.9. The van der Waals surface area contributed by atoms with E-state index in [4.69, 9.17) is 0 Å². The number of carbonyl (C=O) groups is 4. The Balaban J connectivity index is 1.45. The van der Waals surface area contributed by atoms with Crippen molar-refractivity contribution in [2.75, 3.05) is 25.5 Å². The third-order valence-electron chi connectivity index (χ3n) is 5.38. The highest BCUT2D eigenvalue weighted by Crippen LogP contribution is 2.27. The number of nitrogens with zero attached hydrogens (tertiary/aromatic N) is 7. The highest BCUT2D eigenvalue weighted by molar-refractivity contribution is 6.05. The molecule has 15 heteroatoms. The summed E-state index contributed by atoms with van der Waals surface area (Å²) < 4.78 is 38.0. The molecule has 0 aromatic carbocycles. The Morgan fingerprint density at radius 1 is 1.11 bits per heavy atom. The molecule has 0 bridgehead atoms. The van der Waals surface area contributed by atoms with Crippen molar-refractivity contribution in [1.82, 2.24) is 29.7 Å². The molecule has 2 aliphatic rings. The molecule has 2 aromatic rings. The standard InChI is InChI=1S/C21H19F3N8O4/c1-11(33)8-32-18(35)16-17(30(2)20(32)36)27-10-31(16)9-15(34)29-14-5-3-4-13(28-14)12-6-25-19(26-7-12)21(22,23)24/h3-7,10,16-17H,8-9H2,1-2H3,(H,28,29,34). The topological polar surface area (TPSA) is 141 Å². The van der Waals surface area contributed by atoms with Crippen LogP contribution in [0.4, 0.5) is 23.8 Å². The van der Waals surface area contributed by atoms with Crippen LogP contribution in [0, 0.1) is 0 Å². The predicted molar refractivity (Wildman–Crippen MR) is 117 cm³/mol. The van der Waals surface area contributed by atoms with Crippen LogP contribution in [0.5, 0.6) is 0 Å². The number of Topliss-reactive ketones (excluding diaryl/α,β-unsaturated/α-hetero) is 1. The SMILES string of the molecule is CC(=O)CN1C(=O)C2C(N=CN2CC(=O)Nc2cccc(-c3cnc(C(F)(F)F)nc3)n2)N(C)C1=O. The number of fused-ring (bicyclic) bond motifs is 1. The molecule has 0 spiro atoms. The van der Waals surface area contributed by atoms with Gasteiger partial charge in [0.2, 0.25) is 11.7 Å². The molecule has 36 heavy (non-hydrogen) atoms. The maximum Gasteiger partial charge on any atom is 0.451 e. The van der Waals surface area contributed by atoms with E-state index in [9.17, 15) is 32.3 Å². The molecular weight excluding hydrogens is 485 g/mol. The van der Waals surface area contributed by atoms with Gasteiger partial charge in [0, 0.05) is 25.0 Å². The number of alkyl halides is 3. The Kier molecular flexibility index (Phi) is 6.39. The Labute approximate surface area is 201 Å². The monoisotopic (exact) mass is 504 g/mol. The number of anilines is 1. The Morgan fingerprint density at radius 3 is 2.44 bits per heavy atom. The molecule has 0 radical (unpaired) electrons. The van der Waals surface area contributed by atoms with Crippen molar-refractivity contribution in [2.45, 2.75) is 25.3 Å². The molecule has 4 heterocycles. The number of hydrogen-bond acceptors (Lipinski definition) is 9. The second-order valence-electron chi connectivity index (χ2n) is 8.06. The van der Waals surface area contributed by atoms with Crippen molar-refractivity contribution < 1.29 is 32.3 Å². The number of ketones is 1. The maximum absolute atomic E-state index is 12.9. The number of likely N-dealkylation sites (N-methyl/N-ethyl adjacent to an activating group) is 1. The molecule has 188 valence electrons. The van der Waals surface area contributed by atoms with Gasteiger partial charge in [0.25, 0.3) is 5.91 Å². The number of aromatic nitrogens is 3. The van der Waals surface area contributed by atoms with Gasteiger partial charge in [-0.05, 0) is 19.1 Å². The van der Waals surface area contributed by atoms with Crippen LogP contribution in [0.25, 0.3) is 11.3 Å². The molecule has 2 aliphatic heterocycles. The zero-order valence-electron chi connectivity index (χ0n) is 18.9. The molecule has 0 aliphatic carbocycles. The van der Waals surface area contributed by atoms with Crippen LogP contribution in [-0.2, 0) is 20.6 Å². The summed E-state index contributed by atoms with van der Waals surface area (Å²) in [5, 5.41) is 2.55. The lowest BCUT2D eigenvalue weighted by Crippen LogP contribution is -2.65. The van der Waals surface area contributed by atoms with Crippen molar-refractivity contribution in [1.29, 1.82) is 0 Å². The van der Waals surface area contributed by atoms with E-state index in [1.165, 1.54) is 48.3 Å². The minimum atomic E-state index is -4.68. The number of pyridine rings is 1. The van der Waals surface area contributed by atoms with Gasteiger partial charge in [-0.3, -0.25) is 19.3 Å². The van der Waals surface area contributed by atoms with E-state index in [1.807, 2.05) is 0 Å². The van der Waals surface area contributed by atoms with Gasteiger partial charge in [0.05, 0.1) is 25.1 Å². The third kappa shape index (κ3) is 4.85. The summed E-state index contributed by atoms with van der Waals surface area (Å²) in [6.07, 6.45) is -2.28. The van der Waals surface area contributed by atoms with Crippen LogP contribution in [-0.4, -0.2) is 92.0 Å². The molecular formula is C21H19F3N8O4. The lowest BCUT2D eigenvalue weighted by Gasteiger charge is -2.40. The first-order chi connectivity index (χ1) is 17.0. The summed E-state index contributed by atoms with van der Waals surface area (Å²) in [7, 11) is 1.45. The predicted octanol–water partition coefficient (Wildman–Crippen LogP) is 1.02. The smallest absolute Gasteiger partial charge is 0.338 e. The molecule has 2 aromatic heterocycles. The second kappa shape index (κ2) is 9.31. The number of urea groups is 1. The number of carbonyl (C=O) groups excluding carboxylic acids is 4. The summed E-state index contributed by atoms with van der Waals surface area (Å²) in [5.41, 5.74) is 0.437. The quantitative estimate of drug-likeness (QED) is 0.615. The van der Waals surface area contributed by atoms with E-state index >= 15 is 0 Å². The summed E-state index contributed by atoms with van der Waals surface area (Å²) in [5.74, 6) is -2.78. The van der Waals surface area contributed by atoms with Gasteiger partial charge in [-0.1, -0.05) is 6.07 Å². The van der Waals surface area contributed by atoms with Crippen LogP contribution < -0.4 is 5.32 Å². The Morgan fingerprint density at radius 2 is 1.81 bits per heavy atom. The van der Waals surface area contributed by atoms with Gasteiger partial charge >= 0.3 is 12.2 Å². The van der Waals surface area contributed by atoms with Gasteiger partial charge in [0.15, 0.2) is 12.2 Å². The average Bonchev–Trinajstić information content (AvgIpc) is 3.23. The Bertz CT molecular complexity index is 1250. The molecule has 12 nitrogen and oxygen atoms in total. The average molecular weight is 504 g/mol. The zero-order valence-corrected chi connectivity index (χ0v) is 18.9. The van der Waals surface area contributed by atoms with E-state index in [1.54, 1.807) is 0 Å². The lowest BCUT2D eigenvalue weighted by atomic mass is 10.1. The number of halogens is 3. The van der Waals surface area contributed by atoms with Crippen molar-refractivity contribution in [2.24, 2.45) is 4.99 Å². The molecule has 0 saturated carbocycles. The van der Waals surface area contributed by atoms with E-state index in [0.29, 0.717) is 0 Å². The molecule has 1 saturated heterocycles. The molecule has 2 atom stereocenters. The fourth-order valence-electron chi connectivity index (χ4n) is 3.74. The van der Waals surface area contributed by atoms with Crippen molar-refractivity contribution >= 4 is 35.8 Å². The Hall–Kier alpha value is -4.43. The number of imide groups is 1. The van der Waals surface area contributed by atoms with Gasteiger partial charge in [0.1, 0.15) is 11.6 Å². The largest absolute Gasteiger partial charge is 0.451 e. The molecule has 4 amide bonds. The van der Waals surface area contributed by atoms with E-state index in [2.05, 4.69) is 25.3 Å². The highest BCUT2D eigenvalue weighted by atomic mass is 19.4. The highest BCUT2D eigenvalue weighted by Gasteiger charge is 2.50. The maximum atomic E-state index is 12.9. The van der Waals surface area contributed by atoms with Crippen molar-refractivity contribution in [3.8, 4) is 11.3 Å². The first kappa shape index (κ1) is 24.7. The van der Waals surface area contributed by atoms with Crippen LogP contribution in [0.15, 0.2) is 35.6 Å². The molecule has 4 rings (SSSR count). The van der Waals surface area contributed by atoms with Crippen LogP contribution >= 0.6 is 0 Å². The van der Waals surface area contributed by atoms with Crippen LogP contribution in [0.3, 0.4) is 0 Å². The van der Waals surface area contributed by atoms with Gasteiger partial charge < -0.3 is 15.1 Å². The van der Waals surface area contributed by atoms with Gasteiger partial charge in [-0.2, -0.15) is 13.2 Å². The number of hydrogen-bond donors (Lipinski definition) is 1. The van der Waals surface area contributed by atoms with Gasteiger partial charge in [-0.15, -0.1) is 0 Å². The minimum absolute atomic E-state index is 0.102. The number of nitrogens with one attached hydrogen (secondary N) is 1. The first-order valence-electron chi connectivity index (χ1n) is 10.5. The number of amides is 4. The first-order valence-corrected chi connectivity index (χ1v) is 10.5. The zero-order chi connectivity index (χ0) is 26.2. The van der Waals surface area contributed by atoms with Gasteiger partial charge in [-0.25, -0.2) is 24.7 Å². The number of aliphatic imine (C=N–C) groups is 1. The van der Waals surface area contributed by atoms with Crippen molar-refractivity contribution in [3.05, 3.63) is 36.4 Å². The van der Waals surface area contributed by atoms with E-state index in [0.717, 1.165) is 17.3 Å². The normalized spacial score (nSPS) is 19.5. The van der Waals surface area contributed by atoms with Crippen LogP contribution in [0.2, 0.25) is 0 Å². The fraction of sp³-hybridized carbons (Fsp3) is 0.333. The third-order valence-corrected chi connectivity index (χ3v) is 5.38. The summed E-state index contributed by atoms with van der Waals surface area (Å²) >= 11 is 0. The number of rotatable bonds is 6. The van der Waals surface area contributed by atoms with Crippen molar-refractivity contribution in [3.63, 3.8) is 0 Å². The second-order valence-corrected chi connectivity index (χ2v) is 8.06. The van der Waals surface area contributed by atoms with E-state index < -0.39 is 48.6 Å².